The lowest BCUT2D eigenvalue weighted by molar-refractivity contribution is -0.385. The van der Waals surface area contributed by atoms with Crippen molar-refractivity contribution in [3.05, 3.63) is 103 Å². The molecule has 0 radical (unpaired) electrons. The molecule has 1 amide bonds. The summed E-state index contributed by atoms with van der Waals surface area (Å²) in [5.74, 6) is -0.528. The summed E-state index contributed by atoms with van der Waals surface area (Å²) in [5.41, 5.74) is 0.450. The zero-order chi connectivity index (χ0) is 21.7. The minimum atomic E-state index is -0.646. The van der Waals surface area contributed by atoms with Gasteiger partial charge >= 0.3 is 0 Å². The van der Waals surface area contributed by atoms with E-state index in [4.69, 9.17) is 11.6 Å². The molecule has 0 atom stereocenters. The molecule has 30 heavy (non-hydrogen) atoms. The van der Waals surface area contributed by atoms with Crippen molar-refractivity contribution < 1.29 is 9.72 Å². The van der Waals surface area contributed by atoms with Gasteiger partial charge < -0.3 is 4.90 Å². The van der Waals surface area contributed by atoms with Gasteiger partial charge in [-0.2, -0.15) is 5.26 Å². The van der Waals surface area contributed by atoms with Crippen LogP contribution in [0.1, 0.15) is 11.1 Å². The third-order valence-corrected chi connectivity index (χ3v) is 4.57. The van der Waals surface area contributed by atoms with Crippen LogP contribution in [0.4, 0.5) is 11.4 Å². The summed E-state index contributed by atoms with van der Waals surface area (Å²) >= 11 is 6.09. The highest BCUT2D eigenvalue weighted by molar-refractivity contribution is 6.31. The number of amides is 1. The van der Waals surface area contributed by atoms with Gasteiger partial charge in [0, 0.05) is 17.2 Å². The zero-order valence-corrected chi connectivity index (χ0v) is 16.3. The van der Waals surface area contributed by atoms with E-state index in [-0.39, 0.29) is 23.5 Å². The number of anilines is 1. The summed E-state index contributed by atoms with van der Waals surface area (Å²) < 4.78 is 0.967. The van der Waals surface area contributed by atoms with Crippen molar-refractivity contribution in [3.63, 3.8) is 0 Å². The van der Waals surface area contributed by atoms with Crippen LogP contribution in [0.5, 0.6) is 0 Å². The molecule has 0 saturated carbocycles. The molecule has 1 aromatic heterocycles. The van der Waals surface area contributed by atoms with Crippen molar-refractivity contribution in [3.8, 4) is 6.07 Å². The van der Waals surface area contributed by atoms with Gasteiger partial charge in [0.25, 0.3) is 11.2 Å². The minimum absolute atomic E-state index is 0.123. The van der Waals surface area contributed by atoms with E-state index in [1.807, 2.05) is 36.4 Å². The number of benzene rings is 2. The number of nitro groups is 1. The van der Waals surface area contributed by atoms with E-state index in [2.05, 4.69) is 0 Å². The molecule has 2 aromatic carbocycles. The summed E-state index contributed by atoms with van der Waals surface area (Å²) in [6, 6.07) is 17.8. The second-order valence-corrected chi connectivity index (χ2v) is 6.79. The van der Waals surface area contributed by atoms with Crippen LogP contribution >= 0.6 is 11.6 Å². The Labute approximate surface area is 176 Å². The number of hydrogen-bond acceptors (Lipinski definition) is 5. The van der Waals surface area contributed by atoms with E-state index in [0.29, 0.717) is 5.02 Å². The molecule has 0 aliphatic heterocycles. The fraction of sp³-hybridized carbons (Fsp3) is 0.0952. The monoisotopic (exact) mass is 422 g/mol. The molecule has 150 valence electrons. The molecule has 0 fully saturated rings. The van der Waals surface area contributed by atoms with Gasteiger partial charge in [-0.3, -0.25) is 24.3 Å². The number of carbonyl (C=O) groups excluding carboxylic acids is 1. The van der Waals surface area contributed by atoms with Crippen LogP contribution in [0.2, 0.25) is 5.02 Å². The van der Waals surface area contributed by atoms with Gasteiger partial charge in [-0.25, -0.2) is 0 Å². The molecule has 0 saturated heterocycles. The summed E-state index contributed by atoms with van der Waals surface area (Å²) in [5, 5.41) is 20.8. The number of nitrogens with zero attached hydrogens (tertiary/aromatic N) is 4. The van der Waals surface area contributed by atoms with Crippen molar-refractivity contribution in [2.24, 2.45) is 0 Å². The Hall–Kier alpha value is -3.96. The maximum absolute atomic E-state index is 13.2. The molecule has 0 N–H and O–H groups in total. The summed E-state index contributed by atoms with van der Waals surface area (Å²) in [6.45, 7) is -0.316. The Morgan fingerprint density at radius 1 is 1.17 bits per heavy atom. The lowest BCUT2D eigenvalue weighted by Gasteiger charge is -2.24. The first-order chi connectivity index (χ1) is 14.4. The topological polar surface area (TPSA) is 109 Å². The first-order valence-electron chi connectivity index (χ1n) is 8.78. The molecule has 0 aliphatic rings. The highest BCUT2D eigenvalue weighted by Gasteiger charge is 2.21. The lowest BCUT2D eigenvalue weighted by atomic mass is 10.1. The first-order valence-corrected chi connectivity index (χ1v) is 9.15. The second kappa shape index (κ2) is 9.03. The molecule has 8 nitrogen and oxygen atoms in total. The molecule has 3 aromatic rings. The zero-order valence-electron chi connectivity index (χ0n) is 15.6. The van der Waals surface area contributed by atoms with Crippen LogP contribution in [0.25, 0.3) is 0 Å². The van der Waals surface area contributed by atoms with Crippen LogP contribution in [-0.4, -0.2) is 15.4 Å². The molecule has 0 aliphatic carbocycles. The Morgan fingerprint density at radius 3 is 2.57 bits per heavy atom. The summed E-state index contributed by atoms with van der Waals surface area (Å²) in [7, 11) is 0. The van der Waals surface area contributed by atoms with Gasteiger partial charge in [-0.1, -0.05) is 41.9 Å². The Kier molecular flexibility index (Phi) is 6.25. The van der Waals surface area contributed by atoms with Crippen molar-refractivity contribution in [1.29, 1.82) is 5.26 Å². The Morgan fingerprint density at radius 2 is 1.90 bits per heavy atom. The van der Waals surface area contributed by atoms with Crippen LogP contribution in [0, 0.1) is 21.4 Å². The van der Waals surface area contributed by atoms with Gasteiger partial charge in [0.05, 0.1) is 28.9 Å². The van der Waals surface area contributed by atoms with Gasteiger partial charge in [-0.05, 0) is 23.8 Å². The van der Waals surface area contributed by atoms with Gasteiger partial charge in [-0.15, -0.1) is 0 Å². The highest BCUT2D eigenvalue weighted by Crippen LogP contribution is 2.26. The summed E-state index contributed by atoms with van der Waals surface area (Å²) in [6.07, 6.45) is 1.02. The average molecular weight is 423 g/mol. The van der Waals surface area contributed by atoms with Crippen LogP contribution in [-0.2, 0) is 17.9 Å². The third-order valence-electron chi connectivity index (χ3n) is 4.34. The van der Waals surface area contributed by atoms with E-state index in [0.717, 1.165) is 28.5 Å². The number of pyridine rings is 1. The van der Waals surface area contributed by atoms with E-state index in [9.17, 15) is 25.0 Å². The number of hydrogen-bond donors (Lipinski definition) is 0. The molecule has 0 unspecified atom stereocenters. The molecule has 3 rings (SSSR count). The maximum Gasteiger partial charge on any atom is 0.285 e. The lowest BCUT2D eigenvalue weighted by Crippen LogP contribution is -2.36. The smallest absolute Gasteiger partial charge is 0.285 e. The highest BCUT2D eigenvalue weighted by atomic mass is 35.5. The third kappa shape index (κ3) is 4.71. The van der Waals surface area contributed by atoms with Crippen molar-refractivity contribution >= 4 is 28.9 Å². The van der Waals surface area contributed by atoms with E-state index >= 15 is 0 Å². The number of aromatic nitrogens is 1. The predicted molar refractivity (Wildman–Crippen MR) is 111 cm³/mol. The number of carbonyl (C=O) groups is 1. The van der Waals surface area contributed by atoms with Crippen LogP contribution in [0.3, 0.4) is 0 Å². The molecular weight excluding hydrogens is 408 g/mol. The molecule has 0 bridgehead atoms. The molecule has 0 spiro atoms. The van der Waals surface area contributed by atoms with Gasteiger partial charge in [0.2, 0.25) is 5.91 Å². The quantitative estimate of drug-likeness (QED) is 0.446. The molecule has 1 heterocycles. The Balaban J connectivity index is 2.03. The van der Waals surface area contributed by atoms with Gasteiger partial charge in [0.1, 0.15) is 12.6 Å². The molecule has 9 heteroatoms. The normalized spacial score (nSPS) is 10.3. The summed E-state index contributed by atoms with van der Waals surface area (Å²) in [4.78, 5) is 37.0. The standard InChI is InChI=1S/C21H15ClN4O4/c22-17-7-6-16(11-23)19(10-17)25(12-15-4-2-1-3-5-15)21(28)14-24-13-18(26(29)30)8-9-20(24)27/h1-10,13H,12,14H2. The second-order valence-electron chi connectivity index (χ2n) is 6.35. The number of rotatable bonds is 6. The van der Waals surface area contributed by atoms with E-state index in [1.54, 1.807) is 6.07 Å². The van der Waals surface area contributed by atoms with Crippen molar-refractivity contribution in [2.45, 2.75) is 13.1 Å². The van der Waals surface area contributed by atoms with Crippen LogP contribution < -0.4 is 10.5 Å². The largest absolute Gasteiger partial charge is 0.305 e. The predicted octanol–water partition coefficient (Wildman–Crippen LogP) is 3.51. The van der Waals surface area contributed by atoms with E-state index in [1.165, 1.54) is 17.0 Å². The minimum Gasteiger partial charge on any atom is -0.305 e. The maximum atomic E-state index is 13.2. The SMILES string of the molecule is N#Cc1ccc(Cl)cc1N(Cc1ccccc1)C(=O)Cn1cc([N+](=O)[O-])ccc1=O. The van der Waals surface area contributed by atoms with E-state index < -0.39 is 22.9 Å². The number of halogens is 1. The van der Waals surface area contributed by atoms with Gasteiger partial charge in [0.15, 0.2) is 0 Å². The number of nitriles is 1. The molecular formula is C21H15ClN4O4. The van der Waals surface area contributed by atoms with Crippen molar-refractivity contribution in [2.75, 3.05) is 4.90 Å². The average Bonchev–Trinajstić information content (AvgIpc) is 2.74. The fourth-order valence-corrected chi connectivity index (χ4v) is 3.04. The van der Waals surface area contributed by atoms with Crippen LogP contribution in [0.15, 0.2) is 71.7 Å². The first kappa shape index (κ1) is 20.8. The van der Waals surface area contributed by atoms with Crippen molar-refractivity contribution in [1.82, 2.24) is 4.57 Å². The Bertz CT molecular complexity index is 1200. The fourth-order valence-electron chi connectivity index (χ4n) is 2.88.